The Morgan fingerprint density at radius 2 is 1.84 bits per heavy atom. The van der Waals surface area contributed by atoms with E-state index in [0.717, 1.165) is 16.7 Å². The van der Waals surface area contributed by atoms with Gasteiger partial charge in [0.1, 0.15) is 5.15 Å². The van der Waals surface area contributed by atoms with Crippen LogP contribution < -0.4 is 56.5 Å². The van der Waals surface area contributed by atoms with Crippen molar-refractivity contribution >= 4 is 28.6 Å². The number of aromatic nitrogens is 2. The second kappa shape index (κ2) is 10.4. The molecule has 0 aliphatic heterocycles. The Bertz CT molecular complexity index is 687. The van der Waals surface area contributed by atoms with Gasteiger partial charge in [-0.05, 0) is 39.0 Å². The molecule has 0 radical (unpaired) electrons. The second-order valence-corrected chi connectivity index (χ2v) is 7.64. The van der Waals surface area contributed by atoms with Crippen molar-refractivity contribution in [2.24, 2.45) is 5.41 Å². The first kappa shape index (κ1) is 25.0. The number of carbonyl (C=O) groups is 1. The van der Waals surface area contributed by atoms with Crippen LogP contribution in [0, 0.1) is 5.41 Å². The number of H-pyrrole nitrogens is 1. The van der Waals surface area contributed by atoms with E-state index in [0.29, 0.717) is 18.2 Å². The van der Waals surface area contributed by atoms with E-state index in [2.05, 4.69) is 9.97 Å². The fourth-order valence-electron chi connectivity index (χ4n) is 2.01. The molecule has 2 heterocycles. The van der Waals surface area contributed by atoms with Gasteiger partial charge in [-0.2, -0.15) is 0 Å². The number of fused-ring (bicyclic) bond motifs is 1. The minimum Gasteiger partial charge on any atom is -0.850 e. The molecular weight excluding hydrogens is 367 g/mol. The van der Waals surface area contributed by atoms with Crippen molar-refractivity contribution in [3.05, 3.63) is 29.0 Å². The van der Waals surface area contributed by atoms with E-state index in [1.807, 2.05) is 32.9 Å². The van der Waals surface area contributed by atoms with E-state index in [4.69, 9.17) is 16.3 Å². The van der Waals surface area contributed by atoms with Crippen LogP contribution in [0.1, 0.15) is 47.2 Å². The molecule has 0 bridgehead atoms. The third kappa shape index (κ3) is 9.52. The summed E-state index contributed by atoms with van der Waals surface area (Å²) in [7, 11) is 0. The average Bonchev–Trinajstić information content (AvgIpc) is 2.77. The molecule has 2 aromatic rings. The number of aromatic amines is 1. The Labute approximate surface area is 197 Å². The Kier molecular flexibility index (Phi) is 10.4. The Morgan fingerprint density at radius 1 is 1.28 bits per heavy atom. The fraction of sp³-hybridized carbons (Fsp3) is 0.556. The van der Waals surface area contributed by atoms with Gasteiger partial charge < -0.3 is 14.8 Å². The minimum absolute atomic E-state index is 0. The predicted molar refractivity (Wildman–Crippen MR) is 95.0 cm³/mol. The third-order valence-electron chi connectivity index (χ3n) is 2.96. The van der Waals surface area contributed by atoms with Crippen LogP contribution in [0.2, 0.25) is 5.15 Å². The van der Waals surface area contributed by atoms with Crippen LogP contribution in [0.25, 0.3) is 11.0 Å². The number of hydrogen-bond acceptors (Lipinski definition) is 4. The standard InChI is InChI=1S/C14H17ClN2O2.C4H9O.K/c1-4-19-13(18)14(2,3)8-9-7-11-10(16-9)5-6-12(15)17-11;1-4(2,3)5;/h5-7,16H,4,8H2,1-3H3;1-3H3;/q;-1;+1. The van der Waals surface area contributed by atoms with Gasteiger partial charge in [-0.3, -0.25) is 4.79 Å². The number of nitrogens with one attached hydrogen (secondary N) is 1. The molecule has 5 nitrogen and oxygen atoms in total. The molecule has 0 aromatic carbocycles. The summed E-state index contributed by atoms with van der Waals surface area (Å²) in [5.41, 5.74) is 1.35. The summed E-state index contributed by atoms with van der Waals surface area (Å²) in [6.45, 7) is 10.8. The number of halogens is 1. The van der Waals surface area contributed by atoms with Crippen LogP contribution in [-0.2, 0) is 16.0 Å². The second-order valence-electron chi connectivity index (χ2n) is 7.25. The number of pyridine rings is 1. The van der Waals surface area contributed by atoms with Crippen LogP contribution in [0.4, 0.5) is 0 Å². The molecule has 25 heavy (non-hydrogen) atoms. The van der Waals surface area contributed by atoms with Gasteiger partial charge in [0.25, 0.3) is 0 Å². The molecule has 0 spiro atoms. The zero-order valence-electron chi connectivity index (χ0n) is 16.2. The number of ether oxygens (including phenoxy) is 1. The number of carbonyl (C=O) groups excluding carboxylic acids is 1. The molecule has 0 atom stereocenters. The predicted octanol–water partition coefficient (Wildman–Crippen LogP) is 0.497. The largest absolute Gasteiger partial charge is 1.00 e. The smallest absolute Gasteiger partial charge is 0.850 e. The van der Waals surface area contributed by atoms with Crippen LogP contribution in [0.15, 0.2) is 18.2 Å². The molecule has 0 aliphatic carbocycles. The zero-order chi connectivity index (χ0) is 18.5. The number of hydrogen-bond donors (Lipinski definition) is 1. The van der Waals surface area contributed by atoms with E-state index in [9.17, 15) is 9.90 Å². The van der Waals surface area contributed by atoms with Crippen molar-refractivity contribution in [1.82, 2.24) is 9.97 Å². The summed E-state index contributed by atoms with van der Waals surface area (Å²) in [6.07, 6.45) is 0.569. The van der Waals surface area contributed by atoms with E-state index in [1.165, 1.54) is 0 Å². The Balaban J connectivity index is 0.000000848. The first-order chi connectivity index (χ1) is 10.9. The number of nitrogens with zero attached hydrogens (tertiary/aromatic N) is 1. The molecule has 0 saturated heterocycles. The van der Waals surface area contributed by atoms with Crippen molar-refractivity contribution in [2.45, 2.75) is 53.6 Å². The van der Waals surface area contributed by atoms with E-state index in [1.54, 1.807) is 26.8 Å². The summed E-state index contributed by atoms with van der Waals surface area (Å²) in [5.74, 6) is -0.195. The normalized spacial score (nSPS) is 11.4. The van der Waals surface area contributed by atoms with Gasteiger partial charge in [-0.1, -0.05) is 32.4 Å². The molecule has 2 aromatic heterocycles. The molecule has 7 heteroatoms. The number of esters is 1. The summed E-state index contributed by atoms with van der Waals surface area (Å²) >= 11 is 5.85. The summed E-state index contributed by atoms with van der Waals surface area (Å²) in [6, 6.07) is 5.54. The zero-order valence-corrected chi connectivity index (χ0v) is 20.1. The SMILES string of the molecule is CC(C)(C)[O-].CCOC(=O)C(C)(C)Cc1cc2nc(Cl)ccc2[nH]1.[K+]. The Morgan fingerprint density at radius 3 is 2.36 bits per heavy atom. The van der Waals surface area contributed by atoms with Gasteiger partial charge in [-0.25, -0.2) is 4.98 Å². The maximum Gasteiger partial charge on any atom is 1.00 e. The van der Waals surface area contributed by atoms with Crippen molar-refractivity contribution in [3.63, 3.8) is 0 Å². The van der Waals surface area contributed by atoms with E-state index in [-0.39, 0.29) is 57.4 Å². The summed E-state index contributed by atoms with van der Waals surface area (Å²) in [4.78, 5) is 19.3. The molecule has 2 rings (SSSR count). The average molecular weight is 393 g/mol. The Hall–Kier alpha value is 0.0464. The topological polar surface area (TPSA) is 78.0 Å². The summed E-state index contributed by atoms with van der Waals surface area (Å²) in [5, 5.41) is 10.6. The van der Waals surface area contributed by atoms with Crippen LogP contribution >= 0.6 is 11.6 Å². The van der Waals surface area contributed by atoms with Gasteiger partial charge >= 0.3 is 57.4 Å². The van der Waals surface area contributed by atoms with Gasteiger partial charge in [0, 0.05) is 12.1 Å². The fourth-order valence-corrected chi connectivity index (χ4v) is 2.16. The van der Waals surface area contributed by atoms with Gasteiger partial charge in [0.15, 0.2) is 0 Å². The van der Waals surface area contributed by atoms with Crippen molar-refractivity contribution in [1.29, 1.82) is 0 Å². The first-order valence-corrected chi connectivity index (χ1v) is 8.32. The van der Waals surface area contributed by atoms with E-state index >= 15 is 0 Å². The number of rotatable bonds is 4. The van der Waals surface area contributed by atoms with Gasteiger partial charge in [0.2, 0.25) is 0 Å². The molecule has 134 valence electrons. The van der Waals surface area contributed by atoms with Crippen molar-refractivity contribution in [3.8, 4) is 0 Å². The minimum atomic E-state index is -0.750. The maximum absolute atomic E-state index is 11.9. The van der Waals surface area contributed by atoms with E-state index < -0.39 is 11.0 Å². The molecule has 0 saturated carbocycles. The van der Waals surface area contributed by atoms with Crippen LogP contribution in [0.3, 0.4) is 0 Å². The molecular formula is C18H26ClKN2O3. The maximum atomic E-state index is 11.9. The van der Waals surface area contributed by atoms with Crippen molar-refractivity contribution < 1.29 is 66.0 Å². The quantitative estimate of drug-likeness (QED) is 0.467. The van der Waals surface area contributed by atoms with Crippen molar-refractivity contribution in [2.75, 3.05) is 6.61 Å². The molecule has 0 amide bonds. The summed E-state index contributed by atoms with van der Waals surface area (Å²) < 4.78 is 5.08. The van der Waals surface area contributed by atoms with Gasteiger partial charge in [-0.15, -0.1) is 5.60 Å². The molecule has 1 N–H and O–H groups in total. The molecule has 0 fully saturated rings. The monoisotopic (exact) mass is 392 g/mol. The third-order valence-corrected chi connectivity index (χ3v) is 3.17. The molecule has 0 unspecified atom stereocenters. The van der Waals surface area contributed by atoms with Crippen LogP contribution in [-0.4, -0.2) is 28.1 Å². The van der Waals surface area contributed by atoms with Gasteiger partial charge in [0.05, 0.1) is 23.1 Å². The first-order valence-electron chi connectivity index (χ1n) is 7.94. The molecule has 0 aliphatic rings. The van der Waals surface area contributed by atoms with Crippen LogP contribution in [0.5, 0.6) is 0 Å².